The summed E-state index contributed by atoms with van der Waals surface area (Å²) in [5, 5.41) is 2.80. The summed E-state index contributed by atoms with van der Waals surface area (Å²) in [5.74, 6) is -0.250. The molecule has 0 aliphatic rings. The number of hydrogen-bond donors (Lipinski definition) is 2. The molecule has 0 bridgehead atoms. The van der Waals surface area contributed by atoms with Gasteiger partial charge in [-0.15, -0.1) is 0 Å². The highest BCUT2D eigenvalue weighted by Crippen LogP contribution is 2.23. The molecular formula is C20H24N2O3S. The minimum absolute atomic E-state index is 0.0649. The molecule has 0 aliphatic heterocycles. The van der Waals surface area contributed by atoms with Crippen molar-refractivity contribution in [2.45, 2.75) is 31.1 Å². The zero-order valence-electron chi connectivity index (χ0n) is 15.4. The molecule has 0 heterocycles. The quantitative estimate of drug-likeness (QED) is 0.788. The first-order valence-corrected chi connectivity index (χ1v) is 9.73. The number of carbonyl (C=O) groups excluding carboxylic acids is 1. The Morgan fingerprint density at radius 1 is 0.962 bits per heavy atom. The highest BCUT2D eigenvalue weighted by atomic mass is 32.2. The summed E-state index contributed by atoms with van der Waals surface area (Å²) >= 11 is 0. The van der Waals surface area contributed by atoms with Crippen LogP contribution in [0.4, 0.5) is 5.69 Å². The van der Waals surface area contributed by atoms with Crippen molar-refractivity contribution in [3.8, 4) is 0 Å². The highest BCUT2D eigenvalue weighted by molar-refractivity contribution is 7.89. The Kier molecular flexibility index (Phi) is 6.00. The van der Waals surface area contributed by atoms with E-state index in [1.54, 1.807) is 18.2 Å². The average molecular weight is 372 g/mol. The Morgan fingerprint density at radius 2 is 1.54 bits per heavy atom. The molecule has 6 heteroatoms. The first-order valence-electron chi connectivity index (χ1n) is 8.25. The Balaban J connectivity index is 2.01. The largest absolute Gasteiger partial charge is 0.323 e. The predicted molar refractivity (Wildman–Crippen MR) is 105 cm³/mol. The van der Waals surface area contributed by atoms with E-state index in [9.17, 15) is 13.2 Å². The third-order valence-corrected chi connectivity index (χ3v) is 5.33. The fourth-order valence-corrected chi connectivity index (χ4v) is 3.02. The minimum atomic E-state index is -3.45. The van der Waals surface area contributed by atoms with Gasteiger partial charge >= 0.3 is 0 Å². The average Bonchev–Trinajstić information content (AvgIpc) is 2.60. The van der Waals surface area contributed by atoms with E-state index in [0.717, 1.165) is 11.3 Å². The monoisotopic (exact) mass is 372 g/mol. The molecule has 2 aromatic rings. The molecule has 0 spiro atoms. The van der Waals surface area contributed by atoms with Crippen molar-refractivity contribution in [3.63, 3.8) is 0 Å². The Bertz CT molecular complexity index is 892. The van der Waals surface area contributed by atoms with Crippen LogP contribution in [0, 0.1) is 0 Å². The molecule has 0 unspecified atom stereocenters. The number of amides is 1. The van der Waals surface area contributed by atoms with Crippen molar-refractivity contribution in [1.29, 1.82) is 0 Å². The molecule has 2 N–H and O–H groups in total. The second kappa shape index (κ2) is 7.85. The van der Waals surface area contributed by atoms with E-state index in [-0.39, 0.29) is 16.2 Å². The van der Waals surface area contributed by atoms with Gasteiger partial charge in [-0.3, -0.25) is 4.79 Å². The van der Waals surface area contributed by atoms with Gasteiger partial charge in [-0.1, -0.05) is 45.0 Å². The van der Waals surface area contributed by atoms with Crippen LogP contribution in [0.15, 0.2) is 59.5 Å². The summed E-state index contributed by atoms with van der Waals surface area (Å²) in [5.41, 5.74) is 2.72. The van der Waals surface area contributed by atoms with Crippen LogP contribution in [0.2, 0.25) is 0 Å². The molecule has 138 valence electrons. The summed E-state index contributed by atoms with van der Waals surface area (Å²) in [6.45, 7) is 6.41. The van der Waals surface area contributed by atoms with Crippen LogP contribution in [-0.4, -0.2) is 21.4 Å². The van der Waals surface area contributed by atoms with Gasteiger partial charge in [-0.2, -0.15) is 0 Å². The second-order valence-corrected chi connectivity index (χ2v) is 8.81. The van der Waals surface area contributed by atoms with Gasteiger partial charge in [-0.05, 0) is 53.9 Å². The van der Waals surface area contributed by atoms with Crippen LogP contribution >= 0.6 is 0 Å². The molecule has 0 aliphatic carbocycles. The molecule has 0 radical (unpaired) electrons. The maximum atomic E-state index is 12.0. The Hall–Kier alpha value is -2.44. The lowest BCUT2D eigenvalue weighted by Gasteiger charge is -2.19. The predicted octanol–water partition coefficient (Wildman–Crippen LogP) is 3.54. The molecule has 1 amide bonds. The number of anilines is 1. The van der Waals surface area contributed by atoms with E-state index >= 15 is 0 Å². The lowest BCUT2D eigenvalue weighted by molar-refractivity contribution is -0.111. The van der Waals surface area contributed by atoms with E-state index in [1.165, 1.54) is 30.8 Å². The number of hydrogen-bond acceptors (Lipinski definition) is 3. The number of carbonyl (C=O) groups is 1. The van der Waals surface area contributed by atoms with Gasteiger partial charge in [0.2, 0.25) is 15.9 Å². The van der Waals surface area contributed by atoms with E-state index in [4.69, 9.17) is 0 Å². The van der Waals surface area contributed by atoms with Crippen LogP contribution < -0.4 is 10.0 Å². The van der Waals surface area contributed by atoms with Crippen LogP contribution in [0.3, 0.4) is 0 Å². The van der Waals surface area contributed by atoms with Gasteiger partial charge in [0.25, 0.3) is 0 Å². The van der Waals surface area contributed by atoms with Gasteiger partial charge in [0.1, 0.15) is 0 Å². The lowest BCUT2D eigenvalue weighted by Crippen LogP contribution is -2.18. The molecule has 0 aromatic heterocycles. The molecule has 26 heavy (non-hydrogen) atoms. The maximum Gasteiger partial charge on any atom is 0.248 e. The van der Waals surface area contributed by atoms with Gasteiger partial charge in [-0.25, -0.2) is 13.1 Å². The minimum Gasteiger partial charge on any atom is -0.323 e. The van der Waals surface area contributed by atoms with Gasteiger partial charge < -0.3 is 5.32 Å². The van der Waals surface area contributed by atoms with Crippen molar-refractivity contribution in [1.82, 2.24) is 4.72 Å². The summed E-state index contributed by atoms with van der Waals surface area (Å²) in [7, 11) is -2.09. The van der Waals surface area contributed by atoms with Crippen LogP contribution in [0.1, 0.15) is 31.9 Å². The molecule has 0 fully saturated rings. The fraction of sp³-hybridized carbons (Fsp3) is 0.250. The molecule has 2 rings (SSSR count). The van der Waals surface area contributed by atoms with Crippen LogP contribution in [-0.2, 0) is 20.2 Å². The van der Waals surface area contributed by atoms with Crippen LogP contribution in [0.5, 0.6) is 0 Å². The van der Waals surface area contributed by atoms with Gasteiger partial charge in [0.05, 0.1) is 4.90 Å². The smallest absolute Gasteiger partial charge is 0.248 e. The molecule has 2 aromatic carbocycles. The summed E-state index contributed by atoms with van der Waals surface area (Å²) < 4.78 is 25.6. The van der Waals surface area contributed by atoms with Gasteiger partial charge in [0, 0.05) is 11.8 Å². The lowest BCUT2D eigenvalue weighted by atomic mass is 9.87. The normalized spacial score (nSPS) is 12.3. The zero-order valence-corrected chi connectivity index (χ0v) is 16.2. The number of benzene rings is 2. The fourth-order valence-electron chi connectivity index (χ4n) is 2.29. The number of nitrogens with one attached hydrogen (secondary N) is 2. The Labute approximate surface area is 155 Å². The first-order chi connectivity index (χ1) is 12.1. The summed E-state index contributed by atoms with van der Waals surface area (Å²) in [6.07, 6.45) is 3.05. The van der Waals surface area contributed by atoms with Crippen molar-refractivity contribution in [3.05, 3.63) is 65.7 Å². The summed E-state index contributed by atoms with van der Waals surface area (Å²) in [6, 6.07) is 14.0. The van der Waals surface area contributed by atoms with E-state index in [2.05, 4.69) is 30.8 Å². The number of sulfonamides is 1. The number of rotatable bonds is 5. The first kappa shape index (κ1) is 19.9. The summed E-state index contributed by atoms with van der Waals surface area (Å²) in [4.78, 5) is 12.2. The topological polar surface area (TPSA) is 75.3 Å². The molecule has 5 nitrogen and oxygen atoms in total. The van der Waals surface area contributed by atoms with Crippen molar-refractivity contribution < 1.29 is 13.2 Å². The molecule has 0 saturated carbocycles. The third kappa shape index (κ3) is 5.28. The van der Waals surface area contributed by atoms with Gasteiger partial charge in [0.15, 0.2) is 0 Å². The van der Waals surface area contributed by atoms with Crippen molar-refractivity contribution >= 4 is 27.7 Å². The molecular weight excluding hydrogens is 348 g/mol. The SMILES string of the molecule is CNS(=O)(=O)c1ccc(/C=C/C(=O)Nc2ccc(C(C)(C)C)cc2)cc1. The van der Waals surface area contributed by atoms with E-state index < -0.39 is 10.0 Å². The van der Waals surface area contributed by atoms with Crippen molar-refractivity contribution in [2.75, 3.05) is 12.4 Å². The van der Waals surface area contributed by atoms with E-state index in [1.807, 2.05) is 24.3 Å². The molecule has 0 saturated heterocycles. The molecule has 0 atom stereocenters. The zero-order chi connectivity index (χ0) is 19.4. The van der Waals surface area contributed by atoms with Crippen molar-refractivity contribution in [2.24, 2.45) is 0 Å². The van der Waals surface area contributed by atoms with Crippen LogP contribution in [0.25, 0.3) is 6.08 Å². The highest BCUT2D eigenvalue weighted by Gasteiger charge is 2.13. The Morgan fingerprint density at radius 3 is 2.04 bits per heavy atom. The third-order valence-electron chi connectivity index (χ3n) is 3.90. The standard InChI is InChI=1S/C20H24N2O3S/c1-20(2,3)16-8-10-17(11-9-16)22-19(23)14-7-15-5-12-18(13-6-15)26(24,25)21-4/h5-14,21H,1-4H3,(H,22,23)/b14-7+. The maximum absolute atomic E-state index is 12.0. The van der Waals surface area contributed by atoms with E-state index in [0.29, 0.717) is 0 Å². The second-order valence-electron chi connectivity index (χ2n) is 6.93.